The number of hydrogen-bond acceptors (Lipinski definition) is 3. The van der Waals surface area contributed by atoms with Crippen molar-refractivity contribution in [3.8, 4) is 5.75 Å². The smallest absolute Gasteiger partial charge is 0.335 e. The van der Waals surface area contributed by atoms with Crippen LogP contribution in [0, 0.1) is 5.92 Å². The quantitative estimate of drug-likeness (QED) is 0.586. The number of carbonyl (C=O) groups is 2. The van der Waals surface area contributed by atoms with Gasteiger partial charge in [-0.3, -0.25) is 4.79 Å². The zero-order chi connectivity index (χ0) is 15.2. The second-order valence-electron chi connectivity index (χ2n) is 5.65. The first-order chi connectivity index (χ1) is 10.1. The molecule has 1 aliphatic carbocycles. The Morgan fingerprint density at radius 3 is 2.38 bits per heavy atom. The molecule has 1 amide bonds. The van der Waals surface area contributed by atoms with Crippen molar-refractivity contribution in [1.82, 2.24) is 0 Å². The largest absolute Gasteiger partial charge is 0.506 e. The molecular formula is C16H21NO4. The Labute approximate surface area is 124 Å². The Balaban J connectivity index is 1.94. The second-order valence-corrected chi connectivity index (χ2v) is 5.65. The van der Waals surface area contributed by atoms with Crippen molar-refractivity contribution < 1.29 is 19.8 Å². The first-order valence-electron chi connectivity index (χ1n) is 7.42. The number of anilines is 1. The molecule has 114 valence electrons. The topological polar surface area (TPSA) is 86.6 Å². The number of phenols is 1. The van der Waals surface area contributed by atoms with E-state index in [4.69, 9.17) is 5.11 Å². The molecule has 1 saturated carbocycles. The number of nitrogens with one attached hydrogen (secondary N) is 1. The fourth-order valence-electron chi connectivity index (χ4n) is 2.80. The summed E-state index contributed by atoms with van der Waals surface area (Å²) < 4.78 is 0. The van der Waals surface area contributed by atoms with E-state index < -0.39 is 5.97 Å². The molecular weight excluding hydrogens is 270 g/mol. The molecule has 1 aliphatic rings. The molecule has 0 aromatic heterocycles. The third-order valence-corrected chi connectivity index (χ3v) is 3.97. The van der Waals surface area contributed by atoms with Gasteiger partial charge in [-0.25, -0.2) is 4.79 Å². The van der Waals surface area contributed by atoms with Crippen molar-refractivity contribution in [2.75, 3.05) is 5.32 Å². The van der Waals surface area contributed by atoms with Crippen molar-refractivity contribution in [3.63, 3.8) is 0 Å². The van der Waals surface area contributed by atoms with E-state index in [0.717, 1.165) is 18.9 Å². The third-order valence-electron chi connectivity index (χ3n) is 3.97. The van der Waals surface area contributed by atoms with Gasteiger partial charge in [-0.2, -0.15) is 0 Å². The monoisotopic (exact) mass is 291 g/mol. The summed E-state index contributed by atoms with van der Waals surface area (Å²) in [4.78, 5) is 22.8. The SMILES string of the molecule is O=C(CC1CCCCCC1)Nc1ccc(C(=O)O)cc1O. The number of hydrogen-bond donors (Lipinski definition) is 3. The molecule has 0 radical (unpaired) electrons. The number of aromatic carboxylic acids is 1. The predicted octanol–water partition coefficient (Wildman–Crippen LogP) is 3.39. The van der Waals surface area contributed by atoms with Gasteiger partial charge in [-0.15, -0.1) is 0 Å². The maximum absolute atomic E-state index is 12.0. The highest BCUT2D eigenvalue weighted by Crippen LogP contribution is 2.28. The number of amides is 1. The maximum atomic E-state index is 12.0. The van der Waals surface area contributed by atoms with Crippen LogP contribution < -0.4 is 5.32 Å². The molecule has 0 saturated heterocycles. The number of benzene rings is 1. The van der Waals surface area contributed by atoms with Gasteiger partial charge in [0.25, 0.3) is 0 Å². The van der Waals surface area contributed by atoms with Gasteiger partial charge in [0.15, 0.2) is 0 Å². The summed E-state index contributed by atoms with van der Waals surface area (Å²) in [6.07, 6.45) is 7.47. The van der Waals surface area contributed by atoms with Crippen LogP contribution in [0.25, 0.3) is 0 Å². The molecule has 0 spiro atoms. The van der Waals surface area contributed by atoms with Crippen LogP contribution in [0.1, 0.15) is 55.3 Å². The van der Waals surface area contributed by atoms with E-state index in [2.05, 4.69) is 5.32 Å². The van der Waals surface area contributed by atoms with Crippen LogP contribution in [0.15, 0.2) is 18.2 Å². The Bertz CT molecular complexity index is 519. The Hall–Kier alpha value is -2.04. The van der Waals surface area contributed by atoms with Gasteiger partial charge >= 0.3 is 5.97 Å². The van der Waals surface area contributed by atoms with Crippen molar-refractivity contribution in [2.45, 2.75) is 44.9 Å². The molecule has 1 aromatic carbocycles. The van der Waals surface area contributed by atoms with E-state index in [0.29, 0.717) is 12.3 Å². The third kappa shape index (κ3) is 4.48. The molecule has 5 heteroatoms. The number of carboxylic acid groups (broad SMARTS) is 1. The lowest BCUT2D eigenvalue weighted by Crippen LogP contribution is -2.16. The van der Waals surface area contributed by atoms with Gasteiger partial charge in [-0.05, 0) is 37.0 Å². The van der Waals surface area contributed by atoms with Crippen molar-refractivity contribution in [2.24, 2.45) is 5.92 Å². The standard InChI is InChI=1S/C16H21NO4/c18-14-10-12(16(20)21)7-8-13(14)17-15(19)9-11-5-3-1-2-4-6-11/h7-8,10-11,18H,1-6,9H2,(H,17,19)(H,20,21). The van der Waals surface area contributed by atoms with Gasteiger partial charge in [0.2, 0.25) is 5.91 Å². The Morgan fingerprint density at radius 1 is 1.14 bits per heavy atom. The highest BCUT2D eigenvalue weighted by molar-refractivity contribution is 5.94. The lowest BCUT2D eigenvalue weighted by Gasteiger charge is -2.14. The molecule has 0 unspecified atom stereocenters. The Kier molecular flexibility index (Phi) is 5.20. The lowest BCUT2D eigenvalue weighted by molar-refractivity contribution is -0.117. The minimum atomic E-state index is -1.11. The van der Waals surface area contributed by atoms with Crippen LogP contribution in [-0.4, -0.2) is 22.1 Å². The summed E-state index contributed by atoms with van der Waals surface area (Å²) in [5, 5.41) is 21.3. The van der Waals surface area contributed by atoms with E-state index in [1.807, 2.05) is 0 Å². The molecule has 5 nitrogen and oxygen atoms in total. The summed E-state index contributed by atoms with van der Waals surface area (Å²) in [7, 11) is 0. The highest BCUT2D eigenvalue weighted by Gasteiger charge is 2.17. The average molecular weight is 291 g/mol. The van der Waals surface area contributed by atoms with Crippen LogP contribution >= 0.6 is 0 Å². The summed E-state index contributed by atoms with van der Waals surface area (Å²) in [5.74, 6) is -1.04. The van der Waals surface area contributed by atoms with Crippen LogP contribution in [0.3, 0.4) is 0 Å². The van der Waals surface area contributed by atoms with E-state index in [9.17, 15) is 14.7 Å². The molecule has 0 atom stereocenters. The van der Waals surface area contributed by atoms with Crippen molar-refractivity contribution in [3.05, 3.63) is 23.8 Å². The van der Waals surface area contributed by atoms with Crippen LogP contribution in [0.2, 0.25) is 0 Å². The van der Waals surface area contributed by atoms with Crippen LogP contribution in [0.5, 0.6) is 5.75 Å². The first kappa shape index (κ1) is 15.4. The molecule has 2 rings (SSSR count). The number of carbonyl (C=O) groups excluding carboxylic acids is 1. The van der Waals surface area contributed by atoms with E-state index in [1.165, 1.54) is 37.8 Å². The average Bonchev–Trinajstić information content (AvgIpc) is 2.69. The summed E-state index contributed by atoms with van der Waals surface area (Å²) in [6, 6.07) is 3.93. The van der Waals surface area contributed by atoms with E-state index in [-0.39, 0.29) is 22.9 Å². The van der Waals surface area contributed by atoms with Gasteiger partial charge in [0.05, 0.1) is 11.3 Å². The number of rotatable bonds is 4. The number of aromatic hydroxyl groups is 1. The molecule has 0 aliphatic heterocycles. The minimum Gasteiger partial charge on any atom is -0.506 e. The van der Waals surface area contributed by atoms with Gasteiger partial charge in [0.1, 0.15) is 5.75 Å². The molecule has 1 aromatic rings. The first-order valence-corrected chi connectivity index (χ1v) is 7.42. The van der Waals surface area contributed by atoms with Crippen LogP contribution in [-0.2, 0) is 4.79 Å². The summed E-state index contributed by atoms with van der Waals surface area (Å²) in [6.45, 7) is 0. The second kappa shape index (κ2) is 7.11. The fraction of sp³-hybridized carbons (Fsp3) is 0.500. The van der Waals surface area contributed by atoms with Gasteiger partial charge in [-0.1, -0.05) is 25.7 Å². The van der Waals surface area contributed by atoms with Crippen molar-refractivity contribution in [1.29, 1.82) is 0 Å². The highest BCUT2D eigenvalue weighted by atomic mass is 16.4. The van der Waals surface area contributed by atoms with Crippen molar-refractivity contribution >= 4 is 17.6 Å². The predicted molar refractivity (Wildman–Crippen MR) is 79.5 cm³/mol. The van der Waals surface area contributed by atoms with Gasteiger partial charge < -0.3 is 15.5 Å². The van der Waals surface area contributed by atoms with E-state index in [1.54, 1.807) is 0 Å². The normalized spacial score (nSPS) is 16.2. The summed E-state index contributed by atoms with van der Waals surface area (Å²) >= 11 is 0. The maximum Gasteiger partial charge on any atom is 0.335 e. The number of phenolic OH excluding ortho intramolecular Hbond substituents is 1. The molecule has 0 heterocycles. The van der Waals surface area contributed by atoms with Gasteiger partial charge in [0, 0.05) is 6.42 Å². The number of carboxylic acids is 1. The minimum absolute atomic E-state index is 0.00531. The molecule has 1 fully saturated rings. The fourth-order valence-corrected chi connectivity index (χ4v) is 2.80. The molecule has 0 bridgehead atoms. The Morgan fingerprint density at radius 2 is 1.81 bits per heavy atom. The van der Waals surface area contributed by atoms with E-state index >= 15 is 0 Å². The summed E-state index contributed by atoms with van der Waals surface area (Å²) in [5.41, 5.74) is 0.257. The molecule has 3 N–H and O–H groups in total. The lowest BCUT2D eigenvalue weighted by atomic mass is 9.96. The molecule has 21 heavy (non-hydrogen) atoms. The van der Waals surface area contributed by atoms with Crippen LogP contribution in [0.4, 0.5) is 5.69 Å². The zero-order valence-electron chi connectivity index (χ0n) is 12.0. The zero-order valence-corrected chi connectivity index (χ0v) is 12.0.